The highest BCUT2D eigenvalue weighted by atomic mass is 16.5. The third-order valence-corrected chi connectivity index (χ3v) is 3.52. The van der Waals surface area contributed by atoms with E-state index >= 15 is 0 Å². The molecule has 0 aliphatic carbocycles. The van der Waals surface area contributed by atoms with E-state index in [9.17, 15) is 0 Å². The van der Waals surface area contributed by atoms with Crippen molar-refractivity contribution in [3.63, 3.8) is 0 Å². The maximum atomic E-state index is 5.20. The van der Waals surface area contributed by atoms with Crippen LogP contribution in [0.3, 0.4) is 0 Å². The first-order valence-corrected chi connectivity index (χ1v) is 6.80. The number of hydrogen-bond acceptors (Lipinski definition) is 5. The summed E-state index contributed by atoms with van der Waals surface area (Å²) in [6, 6.07) is 10.1. The molecule has 1 aromatic carbocycles. The molecule has 1 aliphatic heterocycles. The number of nitrogens with zero attached hydrogens (tertiary/aromatic N) is 3. The van der Waals surface area contributed by atoms with Crippen LogP contribution in [0.2, 0.25) is 0 Å². The predicted molar refractivity (Wildman–Crippen MR) is 79.1 cm³/mol. The van der Waals surface area contributed by atoms with Gasteiger partial charge in [-0.25, -0.2) is 0 Å². The van der Waals surface area contributed by atoms with E-state index in [0.717, 1.165) is 48.9 Å². The fraction of sp³-hybridized carbons (Fsp3) is 0.333. The van der Waals surface area contributed by atoms with Crippen LogP contribution in [0.1, 0.15) is 0 Å². The second-order valence-corrected chi connectivity index (χ2v) is 4.73. The summed E-state index contributed by atoms with van der Waals surface area (Å²) in [5.41, 5.74) is 2.25. The van der Waals surface area contributed by atoms with E-state index in [1.54, 1.807) is 13.3 Å². The van der Waals surface area contributed by atoms with Crippen LogP contribution in [0.5, 0.6) is 5.75 Å². The zero-order valence-corrected chi connectivity index (χ0v) is 11.5. The molecule has 2 heterocycles. The molecular weight excluding hydrogens is 252 g/mol. The second-order valence-electron chi connectivity index (χ2n) is 4.73. The van der Waals surface area contributed by atoms with Gasteiger partial charge in [0.2, 0.25) is 0 Å². The van der Waals surface area contributed by atoms with E-state index in [4.69, 9.17) is 4.74 Å². The van der Waals surface area contributed by atoms with E-state index in [1.165, 1.54) is 0 Å². The maximum absolute atomic E-state index is 5.20. The summed E-state index contributed by atoms with van der Waals surface area (Å²) >= 11 is 0. The first kappa shape index (κ1) is 12.9. The van der Waals surface area contributed by atoms with Crippen molar-refractivity contribution in [1.82, 2.24) is 15.5 Å². The minimum atomic E-state index is 0.861. The van der Waals surface area contributed by atoms with Crippen LogP contribution >= 0.6 is 0 Å². The van der Waals surface area contributed by atoms with Crippen molar-refractivity contribution in [1.29, 1.82) is 0 Å². The summed E-state index contributed by atoms with van der Waals surface area (Å²) < 4.78 is 5.20. The van der Waals surface area contributed by atoms with Gasteiger partial charge in [-0.3, -0.25) is 0 Å². The smallest absolute Gasteiger partial charge is 0.159 e. The van der Waals surface area contributed by atoms with Gasteiger partial charge >= 0.3 is 0 Å². The monoisotopic (exact) mass is 270 g/mol. The molecule has 1 aliphatic rings. The molecule has 1 fully saturated rings. The summed E-state index contributed by atoms with van der Waals surface area (Å²) in [6.45, 7) is 3.89. The van der Waals surface area contributed by atoms with Gasteiger partial charge in [0, 0.05) is 31.7 Å². The molecule has 104 valence electrons. The van der Waals surface area contributed by atoms with E-state index in [0.29, 0.717) is 0 Å². The number of aromatic nitrogens is 2. The summed E-state index contributed by atoms with van der Waals surface area (Å²) in [5, 5.41) is 11.7. The van der Waals surface area contributed by atoms with E-state index < -0.39 is 0 Å². The summed E-state index contributed by atoms with van der Waals surface area (Å²) in [4.78, 5) is 2.28. The van der Waals surface area contributed by atoms with Crippen molar-refractivity contribution < 1.29 is 4.74 Å². The molecule has 3 rings (SSSR count). The SMILES string of the molecule is COc1ccc(-c2ccnnc2N2CCNCC2)cc1. The molecule has 0 saturated carbocycles. The maximum Gasteiger partial charge on any atom is 0.159 e. The quantitative estimate of drug-likeness (QED) is 0.917. The van der Waals surface area contributed by atoms with Crippen LogP contribution in [-0.4, -0.2) is 43.5 Å². The number of benzene rings is 1. The molecule has 0 bridgehead atoms. The Labute approximate surface area is 118 Å². The van der Waals surface area contributed by atoms with Crippen LogP contribution in [0.4, 0.5) is 5.82 Å². The molecule has 0 amide bonds. The molecule has 0 spiro atoms. The molecule has 0 radical (unpaired) electrons. The van der Waals surface area contributed by atoms with Gasteiger partial charge in [0.25, 0.3) is 0 Å². The number of anilines is 1. The Bertz CT molecular complexity index is 564. The summed E-state index contributed by atoms with van der Waals surface area (Å²) in [5.74, 6) is 1.82. The van der Waals surface area contributed by atoms with Crippen molar-refractivity contribution in [3.8, 4) is 16.9 Å². The number of methoxy groups -OCH3 is 1. The van der Waals surface area contributed by atoms with Gasteiger partial charge in [0.15, 0.2) is 5.82 Å². The minimum absolute atomic E-state index is 0.861. The highest BCUT2D eigenvalue weighted by Crippen LogP contribution is 2.29. The Morgan fingerprint density at radius 1 is 1.10 bits per heavy atom. The van der Waals surface area contributed by atoms with Crippen LogP contribution < -0.4 is 15.0 Å². The standard InChI is InChI=1S/C15H18N4O/c1-20-13-4-2-12(3-5-13)14-6-7-17-18-15(14)19-10-8-16-9-11-19/h2-7,16H,8-11H2,1H3. The Hall–Kier alpha value is -2.14. The lowest BCUT2D eigenvalue weighted by molar-refractivity contribution is 0.415. The highest BCUT2D eigenvalue weighted by molar-refractivity contribution is 5.75. The van der Waals surface area contributed by atoms with Gasteiger partial charge < -0.3 is 15.0 Å². The van der Waals surface area contributed by atoms with Crippen molar-refractivity contribution >= 4 is 5.82 Å². The zero-order valence-electron chi connectivity index (χ0n) is 11.5. The summed E-state index contributed by atoms with van der Waals surface area (Å²) in [6.07, 6.45) is 1.74. The van der Waals surface area contributed by atoms with Gasteiger partial charge in [-0.05, 0) is 23.8 Å². The van der Waals surface area contributed by atoms with Crippen molar-refractivity contribution in [2.45, 2.75) is 0 Å². The largest absolute Gasteiger partial charge is 0.497 e. The number of ether oxygens (including phenoxy) is 1. The van der Waals surface area contributed by atoms with Crippen LogP contribution in [-0.2, 0) is 0 Å². The summed E-state index contributed by atoms with van der Waals surface area (Å²) in [7, 11) is 1.68. The Morgan fingerprint density at radius 3 is 2.55 bits per heavy atom. The van der Waals surface area contributed by atoms with Gasteiger partial charge in [-0.1, -0.05) is 12.1 Å². The zero-order chi connectivity index (χ0) is 13.8. The van der Waals surface area contributed by atoms with E-state index in [1.807, 2.05) is 18.2 Å². The van der Waals surface area contributed by atoms with Gasteiger partial charge in [-0.2, -0.15) is 5.10 Å². The van der Waals surface area contributed by atoms with Gasteiger partial charge in [0.05, 0.1) is 13.3 Å². The number of nitrogens with one attached hydrogen (secondary N) is 1. The molecule has 1 N–H and O–H groups in total. The third-order valence-electron chi connectivity index (χ3n) is 3.52. The Morgan fingerprint density at radius 2 is 1.85 bits per heavy atom. The van der Waals surface area contributed by atoms with Crippen LogP contribution in [0, 0.1) is 0 Å². The molecule has 0 unspecified atom stereocenters. The molecule has 20 heavy (non-hydrogen) atoms. The number of rotatable bonds is 3. The van der Waals surface area contributed by atoms with Crippen molar-refractivity contribution in [2.75, 3.05) is 38.2 Å². The first-order chi connectivity index (χ1) is 9.88. The third kappa shape index (κ3) is 2.58. The second kappa shape index (κ2) is 5.88. The highest BCUT2D eigenvalue weighted by Gasteiger charge is 2.16. The van der Waals surface area contributed by atoms with Gasteiger partial charge in [-0.15, -0.1) is 5.10 Å². The van der Waals surface area contributed by atoms with Crippen LogP contribution in [0.15, 0.2) is 36.5 Å². The average Bonchev–Trinajstić information content (AvgIpc) is 2.56. The molecule has 0 atom stereocenters. The normalized spacial score (nSPS) is 15.2. The number of piperazine rings is 1. The Kier molecular flexibility index (Phi) is 3.78. The minimum Gasteiger partial charge on any atom is -0.497 e. The Balaban J connectivity index is 1.95. The average molecular weight is 270 g/mol. The lowest BCUT2D eigenvalue weighted by atomic mass is 10.1. The van der Waals surface area contributed by atoms with Crippen LogP contribution in [0.25, 0.3) is 11.1 Å². The predicted octanol–water partition coefficient (Wildman–Crippen LogP) is 1.56. The van der Waals surface area contributed by atoms with Crippen molar-refractivity contribution in [2.24, 2.45) is 0 Å². The number of hydrogen-bond donors (Lipinski definition) is 1. The lowest BCUT2D eigenvalue weighted by Gasteiger charge is -2.29. The first-order valence-electron chi connectivity index (χ1n) is 6.80. The molecular formula is C15H18N4O. The molecule has 1 aromatic heterocycles. The molecule has 2 aromatic rings. The molecule has 1 saturated heterocycles. The molecule has 5 nitrogen and oxygen atoms in total. The van der Waals surface area contributed by atoms with Crippen molar-refractivity contribution in [3.05, 3.63) is 36.5 Å². The van der Waals surface area contributed by atoms with E-state index in [2.05, 4.69) is 32.5 Å². The van der Waals surface area contributed by atoms with Gasteiger partial charge in [0.1, 0.15) is 5.75 Å². The lowest BCUT2D eigenvalue weighted by Crippen LogP contribution is -2.44. The fourth-order valence-electron chi connectivity index (χ4n) is 2.43. The fourth-order valence-corrected chi connectivity index (χ4v) is 2.43. The molecule has 5 heteroatoms. The van der Waals surface area contributed by atoms with E-state index in [-0.39, 0.29) is 0 Å². The topological polar surface area (TPSA) is 50.3 Å².